The Balaban J connectivity index is 1.51. The van der Waals surface area contributed by atoms with Gasteiger partial charge in [0.05, 0.1) is 11.9 Å². The number of hydrogen-bond acceptors (Lipinski definition) is 4. The summed E-state index contributed by atoms with van der Waals surface area (Å²) in [7, 11) is 0. The Morgan fingerprint density at radius 1 is 0.968 bits per heavy atom. The van der Waals surface area contributed by atoms with Crippen molar-refractivity contribution < 1.29 is 14.3 Å². The number of anilines is 1. The van der Waals surface area contributed by atoms with Gasteiger partial charge in [-0.1, -0.05) is 60.7 Å². The van der Waals surface area contributed by atoms with Crippen molar-refractivity contribution in [3.8, 4) is 0 Å². The number of fused-ring (bicyclic) bond motifs is 1. The van der Waals surface area contributed by atoms with Crippen LogP contribution < -0.4 is 5.32 Å². The van der Waals surface area contributed by atoms with E-state index in [1.165, 1.54) is 0 Å². The number of rotatable bonds is 3. The molecule has 2 saturated heterocycles. The highest BCUT2D eigenvalue weighted by molar-refractivity contribution is 5.89. The molecule has 5 rings (SSSR count). The number of carbonyl (C=O) groups excluding carboxylic acids is 2. The van der Waals surface area contributed by atoms with E-state index in [0.29, 0.717) is 25.3 Å². The minimum atomic E-state index is -0.993. The number of ether oxygens (including phenoxy) is 1. The Bertz CT molecular complexity index is 1040. The summed E-state index contributed by atoms with van der Waals surface area (Å²) >= 11 is 0. The molecule has 31 heavy (non-hydrogen) atoms. The molecule has 1 aromatic heterocycles. The van der Waals surface area contributed by atoms with Crippen LogP contribution in [0.2, 0.25) is 0 Å². The number of aromatic nitrogens is 1. The van der Waals surface area contributed by atoms with Crippen LogP contribution in [0.5, 0.6) is 0 Å². The zero-order valence-electron chi connectivity index (χ0n) is 16.8. The van der Waals surface area contributed by atoms with E-state index in [1.54, 1.807) is 34.3 Å². The molecule has 0 radical (unpaired) electrons. The van der Waals surface area contributed by atoms with Gasteiger partial charge in [0.25, 0.3) is 0 Å². The average molecular weight is 414 g/mol. The summed E-state index contributed by atoms with van der Waals surface area (Å²) in [5.41, 5.74) is 1.41. The highest BCUT2D eigenvalue weighted by atomic mass is 16.6. The molecule has 3 amide bonds. The number of urea groups is 1. The Hall–Kier alpha value is -3.87. The van der Waals surface area contributed by atoms with Gasteiger partial charge in [-0.2, -0.15) is 0 Å². The molecular formula is C24H22N4O3. The zero-order chi connectivity index (χ0) is 21.3. The Morgan fingerprint density at radius 3 is 2.26 bits per heavy atom. The number of nitrogens with zero attached hydrogens (tertiary/aromatic N) is 3. The first-order valence-electron chi connectivity index (χ1n) is 10.2. The first-order valence-corrected chi connectivity index (χ1v) is 10.2. The summed E-state index contributed by atoms with van der Waals surface area (Å²) in [4.78, 5) is 33.4. The van der Waals surface area contributed by atoms with Crippen LogP contribution in [0.25, 0.3) is 0 Å². The van der Waals surface area contributed by atoms with Crippen LogP contribution in [0.1, 0.15) is 11.1 Å². The molecule has 7 nitrogen and oxygen atoms in total. The van der Waals surface area contributed by atoms with Crippen molar-refractivity contribution in [3.05, 3.63) is 96.3 Å². The third kappa shape index (κ3) is 3.28. The predicted molar refractivity (Wildman–Crippen MR) is 115 cm³/mol. The van der Waals surface area contributed by atoms with Gasteiger partial charge < -0.3 is 15.0 Å². The molecule has 2 aliphatic heterocycles. The minimum Gasteiger partial charge on any atom is -0.431 e. The van der Waals surface area contributed by atoms with Gasteiger partial charge in [0.2, 0.25) is 0 Å². The maximum absolute atomic E-state index is 13.0. The average Bonchev–Trinajstić information content (AvgIpc) is 3.13. The van der Waals surface area contributed by atoms with E-state index in [1.807, 2.05) is 60.7 Å². The van der Waals surface area contributed by atoms with E-state index in [-0.39, 0.29) is 18.2 Å². The second-order valence-electron chi connectivity index (χ2n) is 7.66. The first kappa shape index (κ1) is 19.1. The number of carbonyl (C=O) groups is 2. The van der Waals surface area contributed by atoms with Crippen molar-refractivity contribution in [2.75, 3.05) is 25.0 Å². The van der Waals surface area contributed by atoms with E-state index < -0.39 is 5.60 Å². The maximum Gasteiger partial charge on any atom is 0.411 e. The summed E-state index contributed by atoms with van der Waals surface area (Å²) in [5.74, 6) is 0. The maximum atomic E-state index is 13.0. The monoisotopic (exact) mass is 414 g/mol. The van der Waals surface area contributed by atoms with Crippen LogP contribution in [0.3, 0.4) is 0 Å². The number of nitrogens with one attached hydrogen (secondary N) is 1. The van der Waals surface area contributed by atoms with Gasteiger partial charge in [-0.15, -0.1) is 0 Å². The largest absolute Gasteiger partial charge is 0.431 e. The number of piperazine rings is 1. The predicted octanol–water partition coefficient (Wildman–Crippen LogP) is 3.69. The number of pyridine rings is 1. The smallest absolute Gasteiger partial charge is 0.411 e. The fraction of sp³-hybridized carbons (Fsp3) is 0.208. The highest BCUT2D eigenvalue weighted by Crippen LogP contribution is 2.45. The van der Waals surface area contributed by atoms with E-state index in [2.05, 4.69) is 10.3 Å². The fourth-order valence-corrected chi connectivity index (χ4v) is 4.48. The standard InChI is InChI=1S/C24H22N4O3/c29-22(26-20-12-7-13-25-16-20)27-14-15-28-21(17-27)24(31-23(28)30,18-8-3-1-4-9-18)19-10-5-2-6-11-19/h1-13,16,21H,14-15,17H2,(H,26,29). The molecule has 1 unspecified atom stereocenters. The van der Waals surface area contributed by atoms with Crippen LogP contribution in [0.15, 0.2) is 85.2 Å². The number of benzene rings is 2. The van der Waals surface area contributed by atoms with Gasteiger partial charge in [0.1, 0.15) is 6.04 Å². The van der Waals surface area contributed by atoms with E-state index in [9.17, 15) is 9.59 Å². The molecule has 2 aliphatic rings. The zero-order valence-corrected chi connectivity index (χ0v) is 16.8. The third-order valence-corrected chi connectivity index (χ3v) is 5.94. The lowest BCUT2D eigenvalue weighted by molar-refractivity contribution is 0.0525. The summed E-state index contributed by atoms with van der Waals surface area (Å²) in [6, 6.07) is 22.5. The van der Waals surface area contributed by atoms with Crippen LogP contribution in [0.4, 0.5) is 15.3 Å². The number of amides is 3. The molecule has 0 bridgehead atoms. The molecule has 1 atom stereocenters. The highest BCUT2D eigenvalue weighted by Gasteiger charge is 2.58. The Morgan fingerprint density at radius 2 is 1.65 bits per heavy atom. The summed E-state index contributed by atoms with van der Waals surface area (Å²) in [5, 5.41) is 2.89. The number of hydrogen-bond donors (Lipinski definition) is 1. The molecule has 156 valence electrons. The van der Waals surface area contributed by atoms with Gasteiger partial charge in [0.15, 0.2) is 5.60 Å². The van der Waals surface area contributed by atoms with Gasteiger partial charge in [0, 0.05) is 37.0 Å². The van der Waals surface area contributed by atoms with Crippen molar-refractivity contribution >= 4 is 17.8 Å². The molecule has 7 heteroatoms. The van der Waals surface area contributed by atoms with Crippen LogP contribution in [0, 0.1) is 0 Å². The molecule has 3 heterocycles. The summed E-state index contributed by atoms with van der Waals surface area (Å²) < 4.78 is 6.13. The second-order valence-corrected chi connectivity index (χ2v) is 7.66. The van der Waals surface area contributed by atoms with Crippen LogP contribution >= 0.6 is 0 Å². The SMILES string of the molecule is O=C(Nc1cccnc1)N1CCN2C(=O)OC(c3ccccc3)(c3ccccc3)C2C1. The van der Waals surface area contributed by atoms with Gasteiger partial charge in [-0.25, -0.2) is 9.59 Å². The van der Waals surface area contributed by atoms with E-state index >= 15 is 0 Å². The quantitative estimate of drug-likeness (QED) is 0.709. The van der Waals surface area contributed by atoms with Crippen molar-refractivity contribution in [3.63, 3.8) is 0 Å². The van der Waals surface area contributed by atoms with E-state index in [0.717, 1.165) is 11.1 Å². The summed E-state index contributed by atoms with van der Waals surface area (Å²) in [6.07, 6.45) is 2.91. The van der Waals surface area contributed by atoms with Crippen molar-refractivity contribution in [2.24, 2.45) is 0 Å². The summed E-state index contributed by atoms with van der Waals surface area (Å²) in [6.45, 7) is 1.18. The van der Waals surface area contributed by atoms with Crippen molar-refractivity contribution in [1.29, 1.82) is 0 Å². The van der Waals surface area contributed by atoms with Crippen molar-refractivity contribution in [1.82, 2.24) is 14.8 Å². The molecule has 2 aromatic carbocycles. The fourth-order valence-electron chi connectivity index (χ4n) is 4.48. The molecule has 3 aromatic rings. The minimum absolute atomic E-state index is 0.220. The molecule has 0 saturated carbocycles. The van der Waals surface area contributed by atoms with E-state index in [4.69, 9.17) is 4.74 Å². The lowest BCUT2D eigenvalue weighted by atomic mass is 9.79. The lowest BCUT2D eigenvalue weighted by Crippen LogP contribution is -2.59. The van der Waals surface area contributed by atoms with Gasteiger partial charge in [-0.05, 0) is 12.1 Å². The normalized spacial score (nSPS) is 19.5. The van der Waals surface area contributed by atoms with Crippen LogP contribution in [-0.2, 0) is 10.3 Å². The molecule has 2 fully saturated rings. The molecule has 0 spiro atoms. The second kappa shape index (κ2) is 7.75. The lowest BCUT2D eigenvalue weighted by Gasteiger charge is -2.42. The molecular weight excluding hydrogens is 392 g/mol. The van der Waals surface area contributed by atoms with Gasteiger partial charge in [-0.3, -0.25) is 9.88 Å². The van der Waals surface area contributed by atoms with Gasteiger partial charge >= 0.3 is 12.1 Å². The van der Waals surface area contributed by atoms with Crippen LogP contribution in [-0.4, -0.2) is 52.6 Å². The number of cyclic esters (lactones) is 1. The first-order chi connectivity index (χ1) is 15.2. The Kier molecular flexibility index (Phi) is 4.78. The Labute approximate surface area is 180 Å². The topological polar surface area (TPSA) is 74.8 Å². The third-order valence-electron chi connectivity index (χ3n) is 5.94. The molecule has 0 aliphatic carbocycles. The molecule has 1 N–H and O–H groups in total. The van der Waals surface area contributed by atoms with Crippen molar-refractivity contribution in [2.45, 2.75) is 11.6 Å².